The van der Waals surface area contributed by atoms with Gasteiger partial charge >= 0.3 is 0 Å². The highest BCUT2D eigenvalue weighted by Crippen LogP contribution is 2.25. The van der Waals surface area contributed by atoms with E-state index >= 15 is 0 Å². The van der Waals surface area contributed by atoms with Crippen LogP contribution in [-0.2, 0) is 14.3 Å². The zero-order chi connectivity index (χ0) is 13.7. The quantitative estimate of drug-likeness (QED) is 0.748. The van der Waals surface area contributed by atoms with Crippen LogP contribution in [0.4, 0.5) is 0 Å². The van der Waals surface area contributed by atoms with Gasteiger partial charge in [0.25, 0.3) is 0 Å². The second-order valence-corrected chi connectivity index (χ2v) is 6.25. The molecule has 6 heteroatoms. The summed E-state index contributed by atoms with van der Waals surface area (Å²) in [6.07, 6.45) is 2.41. The molecule has 0 aromatic rings. The van der Waals surface area contributed by atoms with Gasteiger partial charge in [0.2, 0.25) is 11.8 Å². The molecule has 19 heavy (non-hydrogen) atoms. The number of fused-ring (bicyclic) bond motifs is 1. The van der Waals surface area contributed by atoms with Gasteiger partial charge in [-0.25, -0.2) is 0 Å². The lowest BCUT2D eigenvalue weighted by Gasteiger charge is -2.41. The van der Waals surface area contributed by atoms with Crippen LogP contribution in [0.5, 0.6) is 0 Å². The van der Waals surface area contributed by atoms with Crippen LogP contribution >= 0.6 is 11.8 Å². The third-order valence-electron chi connectivity index (χ3n) is 3.83. The molecule has 108 valence electrons. The van der Waals surface area contributed by atoms with E-state index in [1.54, 1.807) is 18.9 Å². The molecular formula is C13H22N2O3S. The fourth-order valence-corrected chi connectivity index (χ4v) is 3.52. The van der Waals surface area contributed by atoms with Crippen LogP contribution in [0.3, 0.4) is 0 Å². The topological polar surface area (TPSA) is 58.6 Å². The first-order chi connectivity index (χ1) is 9.20. The van der Waals surface area contributed by atoms with Gasteiger partial charge in [-0.15, -0.1) is 11.8 Å². The second-order valence-electron chi connectivity index (χ2n) is 5.15. The molecule has 0 aliphatic carbocycles. The number of hydrogen-bond acceptors (Lipinski definition) is 4. The molecule has 2 atom stereocenters. The average Bonchev–Trinajstić information content (AvgIpc) is 2.42. The molecule has 2 amide bonds. The standard InChI is InChI=1S/C13H22N2O3S/c1-18-6-7-19-9-13(17)15-5-4-11-10(8-15)2-3-12(16)14-11/h10-11H,2-9H2,1H3,(H,14,16). The fraction of sp³-hybridized carbons (Fsp3) is 0.846. The maximum Gasteiger partial charge on any atom is 0.232 e. The van der Waals surface area contributed by atoms with Crippen molar-refractivity contribution in [2.24, 2.45) is 5.92 Å². The lowest BCUT2D eigenvalue weighted by molar-refractivity contribution is -0.132. The highest BCUT2D eigenvalue weighted by atomic mass is 32.2. The number of likely N-dealkylation sites (tertiary alicyclic amines) is 1. The van der Waals surface area contributed by atoms with E-state index in [2.05, 4.69) is 5.32 Å². The average molecular weight is 286 g/mol. The summed E-state index contributed by atoms with van der Waals surface area (Å²) in [5.41, 5.74) is 0. The minimum absolute atomic E-state index is 0.163. The van der Waals surface area contributed by atoms with E-state index in [1.807, 2.05) is 4.90 Å². The number of carbonyl (C=O) groups excluding carboxylic acids is 2. The molecule has 2 aliphatic heterocycles. The van der Waals surface area contributed by atoms with Gasteiger partial charge in [0.1, 0.15) is 0 Å². The van der Waals surface area contributed by atoms with Crippen LogP contribution in [0.15, 0.2) is 0 Å². The Bertz CT molecular complexity index is 338. The van der Waals surface area contributed by atoms with Crippen LogP contribution in [0.2, 0.25) is 0 Å². The molecular weight excluding hydrogens is 264 g/mol. The van der Waals surface area contributed by atoms with E-state index in [1.165, 1.54) is 0 Å². The summed E-state index contributed by atoms with van der Waals surface area (Å²) in [4.78, 5) is 25.4. The third-order valence-corrected chi connectivity index (χ3v) is 4.74. The normalized spacial score (nSPS) is 26.8. The van der Waals surface area contributed by atoms with Crippen LogP contribution in [0, 0.1) is 5.92 Å². The largest absolute Gasteiger partial charge is 0.384 e. The lowest BCUT2D eigenvalue weighted by Crippen LogP contribution is -2.55. The summed E-state index contributed by atoms with van der Waals surface area (Å²) < 4.78 is 4.96. The number of nitrogens with zero attached hydrogens (tertiary/aromatic N) is 1. The summed E-state index contributed by atoms with van der Waals surface area (Å²) >= 11 is 1.62. The number of piperidine rings is 2. The molecule has 2 aliphatic rings. The van der Waals surface area contributed by atoms with Crippen molar-refractivity contribution in [2.45, 2.75) is 25.3 Å². The molecule has 2 rings (SSSR count). The molecule has 2 heterocycles. The molecule has 1 N–H and O–H groups in total. The molecule has 0 radical (unpaired) electrons. The van der Waals surface area contributed by atoms with Crippen molar-refractivity contribution >= 4 is 23.6 Å². The molecule has 2 saturated heterocycles. The molecule has 5 nitrogen and oxygen atoms in total. The minimum Gasteiger partial charge on any atom is -0.384 e. The van der Waals surface area contributed by atoms with E-state index in [-0.39, 0.29) is 17.9 Å². The molecule has 0 bridgehead atoms. The second kappa shape index (κ2) is 7.14. The summed E-state index contributed by atoms with van der Waals surface area (Å²) in [6, 6.07) is 0.284. The van der Waals surface area contributed by atoms with Crippen LogP contribution in [-0.4, -0.2) is 61.1 Å². The number of nitrogens with one attached hydrogen (secondary N) is 1. The zero-order valence-electron chi connectivity index (χ0n) is 11.4. The Labute approximate surface area is 118 Å². The molecule has 0 saturated carbocycles. The Morgan fingerprint density at radius 1 is 1.53 bits per heavy atom. The first-order valence-corrected chi connectivity index (χ1v) is 8.00. The van der Waals surface area contributed by atoms with E-state index in [0.717, 1.165) is 31.7 Å². The highest BCUT2D eigenvalue weighted by molar-refractivity contribution is 7.99. The molecule has 2 unspecified atom stereocenters. The van der Waals surface area contributed by atoms with Crippen molar-refractivity contribution in [1.82, 2.24) is 10.2 Å². The first-order valence-electron chi connectivity index (χ1n) is 6.84. The summed E-state index contributed by atoms with van der Waals surface area (Å²) in [5.74, 6) is 2.22. The van der Waals surface area contributed by atoms with Gasteiger partial charge in [0.05, 0.1) is 12.4 Å². The Morgan fingerprint density at radius 3 is 3.16 bits per heavy atom. The van der Waals surface area contributed by atoms with Gasteiger partial charge in [-0.05, 0) is 18.8 Å². The number of methoxy groups -OCH3 is 1. The Morgan fingerprint density at radius 2 is 2.37 bits per heavy atom. The van der Waals surface area contributed by atoms with Gasteiger partial charge in [-0.2, -0.15) is 0 Å². The van der Waals surface area contributed by atoms with Gasteiger partial charge in [-0.1, -0.05) is 0 Å². The Hall–Kier alpha value is -0.750. The maximum absolute atomic E-state index is 12.1. The Kier molecular flexibility index (Phi) is 5.51. The van der Waals surface area contributed by atoms with E-state index < -0.39 is 0 Å². The number of amides is 2. The molecule has 0 spiro atoms. The van der Waals surface area contributed by atoms with Crippen molar-refractivity contribution in [3.8, 4) is 0 Å². The van der Waals surface area contributed by atoms with Crippen molar-refractivity contribution in [2.75, 3.05) is 38.3 Å². The van der Waals surface area contributed by atoms with Crippen molar-refractivity contribution < 1.29 is 14.3 Å². The van der Waals surface area contributed by atoms with Gasteiger partial charge in [0.15, 0.2) is 0 Å². The summed E-state index contributed by atoms with van der Waals surface area (Å²) in [7, 11) is 1.67. The summed E-state index contributed by atoms with van der Waals surface area (Å²) in [5, 5.41) is 3.04. The van der Waals surface area contributed by atoms with Crippen molar-refractivity contribution in [3.05, 3.63) is 0 Å². The monoisotopic (exact) mass is 286 g/mol. The van der Waals surface area contributed by atoms with E-state index in [0.29, 0.717) is 24.7 Å². The van der Waals surface area contributed by atoms with Crippen molar-refractivity contribution in [1.29, 1.82) is 0 Å². The maximum atomic E-state index is 12.1. The summed E-state index contributed by atoms with van der Waals surface area (Å²) in [6.45, 7) is 2.26. The van der Waals surface area contributed by atoms with Crippen molar-refractivity contribution in [3.63, 3.8) is 0 Å². The molecule has 0 aromatic heterocycles. The van der Waals surface area contributed by atoms with E-state index in [4.69, 9.17) is 4.74 Å². The number of hydrogen-bond donors (Lipinski definition) is 1. The lowest BCUT2D eigenvalue weighted by atomic mass is 9.85. The predicted molar refractivity (Wildman–Crippen MR) is 75.1 cm³/mol. The van der Waals surface area contributed by atoms with Gasteiger partial charge in [-0.3, -0.25) is 9.59 Å². The smallest absolute Gasteiger partial charge is 0.232 e. The zero-order valence-corrected chi connectivity index (χ0v) is 12.2. The number of rotatable bonds is 5. The number of carbonyl (C=O) groups is 2. The van der Waals surface area contributed by atoms with Gasteiger partial charge < -0.3 is 15.0 Å². The van der Waals surface area contributed by atoms with Gasteiger partial charge in [0, 0.05) is 38.4 Å². The first kappa shape index (κ1) is 14.7. The fourth-order valence-electron chi connectivity index (χ4n) is 2.73. The third kappa shape index (κ3) is 4.11. The van der Waals surface area contributed by atoms with E-state index in [9.17, 15) is 9.59 Å². The molecule has 2 fully saturated rings. The minimum atomic E-state index is 0.163. The van der Waals surface area contributed by atoms with Crippen LogP contribution in [0.1, 0.15) is 19.3 Å². The SMILES string of the molecule is COCCSCC(=O)N1CCC2NC(=O)CCC2C1. The highest BCUT2D eigenvalue weighted by Gasteiger charge is 2.34. The number of ether oxygens (including phenoxy) is 1. The van der Waals surface area contributed by atoms with Crippen LogP contribution < -0.4 is 5.32 Å². The van der Waals surface area contributed by atoms with Crippen LogP contribution in [0.25, 0.3) is 0 Å². The Balaban J connectivity index is 1.74. The number of thioether (sulfide) groups is 1. The predicted octanol–water partition coefficient (Wildman–Crippen LogP) is 0.493. The molecule has 0 aromatic carbocycles.